The van der Waals surface area contributed by atoms with E-state index in [9.17, 15) is 9.90 Å². The maximum Gasteiger partial charge on any atom is 0.317 e. The molecule has 0 spiro atoms. The number of hydrogen-bond acceptors (Lipinski definition) is 3. The van der Waals surface area contributed by atoms with E-state index < -0.39 is 0 Å². The topological polar surface area (TPSA) is 61.8 Å². The van der Waals surface area contributed by atoms with Gasteiger partial charge in [0, 0.05) is 19.6 Å². The predicted molar refractivity (Wildman–Crippen MR) is 76.8 cm³/mol. The van der Waals surface area contributed by atoms with Gasteiger partial charge in [-0.1, -0.05) is 12.1 Å². The number of phenolic OH excluding ortho intramolecular Hbond substituents is 1. The second-order valence-corrected chi connectivity index (χ2v) is 5.31. The Kier molecular flexibility index (Phi) is 4.84. The summed E-state index contributed by atoms with van der Waals surface area (Å²) in [6.45, 7) is 5.76. The molecule has 20 heavy (non-hydrogen) atoms. The number of nitrogens with one attached hydrogen (secondary N) is 1. The molecule has 2 N–H and O–H groups in total. The van der Waals surface area contributed by atoms with E-state index in [1.54, 1.807) is 23.1 Å². The molecule has 2 unspecified atom stereocenters. The summed E-state index contributed by atoms with van der Waals surface area (Å²) in [7, 11) is 0. The maximum absolute atomic E-state index is 12.1. The summed E-state index contributed by atoms with van der Waals surface area (Å²) < 4.78 is 5.60. The minimum atomic E-state index is -0.0489. The summed E-state index contributed by atoms with van der Waals surface area (Å²) in [5.41, 5.74) is 1.01. The van der Waals surface area contributed by atoms with Crippen molar-refractivity contribution in [2.45, 2.75) is 32.5 Å². The number of benzene rings is 1. The fourth-order valence-electron chi connectivity index (χ4n) is 2.48. The van der Waals surface area contributed by atoms with Crippen LogP contribution in [-0.2, 0) is 11.2 Å². The summed E-state index contributed by atoms with van der Waals surface area (Å²) >= 11 is 0. The van der Waals surface area contributed by atoms with Gasteiger partial charge in [-0.3, -0.25) is 0 Å². The number of amides is 2. The average molecular weight is 278 g/mol. The number of carbonyl (C=O) groups is 1. The molecule has 2 amide bonds. The summed E-state index contributed by atoms with van der Waals surface area (Å²) in [6.07, 6.45) is 0.862. The second-order valence-electron chi connectivity index (χ2n) is 5.31. The van der Waals surface area contributed by atoms with Crippen molar-refractivity contribution in [3.8, 4) is 5.75 Å². The van der Waals surface area contributed by atoms with E-state index in [-0.39, 0.29) is 24.0 Å². The zero-order chi connectivity index (χ0) is 14.5. The third-order valence-corrected chi connectivity index (χ3v) is 3.31. The Morgan fingerprint density at radius 1 is 1.40 bits per heavy atom. The standard InChI is InChI=1S/C15H22N2O3/c1-11-9-17(10-12(2)20-11)15(19)16-7-6-13-4-3-5-14(18)8-13/h3-5,8,11-12,18H,6-7,9-10H2,1-2H3,(H,16,19). The van der Waals surface area contributed by atoms with E-state index in [1.807, 2.05) is 19.9 Å². The Labute approximate surface area is 119 Å². The molecule has 0 radical (unpaired) electrons. The van der Waals surface area contributed by atoms with E-state index in [0.29, 0.717) is 26.1 Å². The Hall–Kier alpha value is -1.75. The highest BCUT2D eigenvalue weighted by atomic mass is 16.5. The number of aromatic hydroxyl groups is 1. The summed E-state index contributed by atoms with van der Waals surface area (Å²) in [6, 6.07) is 7.04. The van der Waals surface area contributed by atoms with E-state index in [0.717, 1.165) is 5.56 Å². The molecule has 0 aromatic heterocycles. The zero-order valence-corrected chi connectivity index (χ0v) is 12.0. The molecule has 1 aromatic carbocycles. The van der Waals surface area contributed by atoms with Crippen LogP contribution in [0.3, 0.4) is 0 Å². The molecular weight excluding hydrogens is 256 g/mol. The second kappa shape index (κ2) is 6.61. The van der Waals surface area contributed by atoms with Crippen molar-refractivity contribution in [2.24, 2.45) is 0 Å². The molecule has 0 bridgehead atoms. The van der Waals surface area contributed by atoms with Crippen molar-refractivity contribution in [3.63, 3.8) is 0 Å². The lowest BCUT2D eigenvalue weighted by atomic mass is 10.1. The van der Waals surface area contributed by atoms with Gasteiger partial charge in [0.25, 0.3) is 0 Å². The van der Waals surface area contributed by atoms with Crippen LogP contribution in [0.25, 0.3) is 0 Å². The molecule has 1 saturated heterocycles. The van der Waals surface area contributed by atoms with Crippen LogP contribution in [0.4, 0.5) is 4.79 Å². The summed E-state index contributed by atoms with van der Waals surface area (Å²) in [4.78, 5) is 13.8. The molecule has 2 rings (SSSR count). The van der Waals surface area contributed by atoms with Crippen LogP contribution in [0.15, 0.2) is 24.3 Å². The van der Waals surface area contributed by atoms with E-state index in [1.165, 1.54) is 0 Å². The van der Waals surface area contributed by atoms with Crippen LogP contribution in [0.5, 0.6) is 5.75 Å². The van der Waals surface area contributed by atoms with Crippen molar-refractivity contribution in [1.82, 2.24) is 10.2 Å². The van der Waals surface area contributed by atoms with Crippen LogP contribution in [0.2, 0.25) is 0 Å². The molecule has 5 nitrogen and oxygen atoms in total. The first kappa shape index (κ1) is 14.7. The molecule has 1 aromatic rings. The Morgan fingerprint density at radius 3 is 2.75 bits per heavy atom. The molecule has 1 fully saturated rings. The number of morpholine rings is 1. The molecule has 0 saturated carbocycles. The average Bonchev–Trinajstić information content (AvgIpc) is 2.37. The lowest BCUT2D eigenvalue weighted by Gasteiger charge is -2.35. The van der Waals surface area contributed by atoms with Crippen LogP contribution in [0.1, 0.15) is 19.4 Å². The number of nitrogens with zero attached hydrogens (tertiary/aromatic N) is 1. The predicted octanol–water partition coefficient (Wildman–Crippen LogP) is 1.75. The van der Waals surface area contributed by atoms with Crippen LogP contribution in [-0.4, -0.2) is 47.9 Å². The van der Waals surface area contributed by atoms with Gasteiger partial charge in [-0.15, -0.1) is 0 Å². The molecule has 5 heteroatoms. The Balaban J connectivity index is 1.77. The van der Waals surface area contributed by atoms with Gasteiger partial charge in [-0.05, 0) is 38.0 Å². The van der Waals surface area contributed by atoms with Gasteiger partial charge >= 0.3 is 6.03 Å². The van der Waals surface area contributed by atoms with Crippen molar-refractivity contribution in [3.05, 3.63) is 29.8 Å². The number of ether oxygens (including phenoxy) is 1. The van der Waals surface area contributed by atoms with Crippen molar-refractivity contribution >= 4 is 6.03 Å². The molecule has 0 aliphatic carbocycles. The zero-order valence-electron chi connectivity index (χ0n) is 12.0. The van der Waals surface area contributed by atoms with Crippen LogP contribution >= 0.6 is 0 Å². The van der Waals surface area contributed by atoms with Gasteiger partial charge in [0.05, 0.1) is 12.2 Å². The van der Waals surface area contributed by atoms with E-state index >= 15 is 0 Å². The molecule has 1 heterocycles. The first-order valence-electron chi connectivity index (χ1n) is 7.00. The first-order chi connectivity index (χ1) is 9.54. The highest BCUT2D eigenvalue weighted by Gasteiger charge is 2.25. The lowest BCUT2D eigenvalue weighted by molar-refractivity contribution is -0.0544. The Morgan fingerprint density at radius 2 is 2.10 bits per heavy atom. The van der Waals surface area contributed by atoms with Crippen molar-refractivity contribution < 1.29 is 14.6 Å². The first-order valence-corrected chi connectivity index (χ1v) is 7.00. The number of carbonyl (C=O) groups excluding carboxylic acids is 1. The minimum absolute atomic E-state index is 0.0489. The van der Waals surface area contributed by atoms with Gasteiger partial charge in [-0.25, -0.2) is 4.79 Å². The smallest absolute Gasteiger partial charge is 0.317 e. The van der Waals surface area contributed by atoms with Gasteiger partial charge in [0.1, 0.15) is 5.75 Å². The summed E-state index contributed by atoms with van der Waals surface area (Å²) in [5.74, 6) is 0.254. The number of phenols is 1. The van der Waals surface area contributed by atoms with Crippen LogP contribution in [0, 0.1) is 0 Å². The van der Waals surface area contributed by atoms with Crippen molar-refractivity contribution in [1.29, 1.82) is 0 Å². The largest absolute Gasteiger partial charge is 0.508 e. The van der Waals surface area contributed by atoms with Gasteiger partial charge in [0.15, 0.2) is 0 Å². The van der Waals surface area contributed by atoms with E-state index in [2.05, 4.69) is 5.32 Å². The number of rotatable bonds is 3. The number of urea groups is 1. The summed E-state index contributed by atoms with van der Waals surface area (Å²) in [5, 5.41) is 12.3. The third-order valence-electron chi connectivity index (χ3n) is 3.31. The normalized spacial score (nSPS) is 22.6. The quantitative estimate of drug-likeness (QED) is 0.885. The SMILES string of the molecule is CC1CN(C(=O)NCCc2cccc(O)c2)CC(C)O1. The fraction of sp³-hybridized carbons (Fsp3) is 0.533. The molecule has 2 atom stereocenters. The molecular formula is C15H22N2O3. The molecule has 1 aliphatic heterocycles. The van der Waals surface area contributed by atoms with Gasteiger partial charge in [0.2, 0.25) is 0 Å². The third kappa shape index (κ3) is 4.13. The maximum atomic E-state index is 12.1. The minimum Gasteiger partial charge on any atom is -0.508 e. The molecule has 1 aliphatic rings. The van der Waals surface area contributed by atoms with Crippen LogP contribution < -0.4 is 5.32 Å². The highest BCUT2D eigenvalue weighted by molar-refractivity contribution is 5.74. The Bertz CT molecular complexity index is 454. The fourth-order valence-corrected chi connectivity index (χ4v) is 2.48. The van der Waals surface area contributed by atoms with Gasteiger partial charge < -0.3 is 20.1 Å². The number of hydrogen-bond donors (Lipinski definition) is 2. The van der Waals surface area contributed by atoms with Crippen molar-refractivity contribution in [2.75, 3.05) is 19.6 Å². The monoisotopic (exact) mass is 278 g/mol. The molecule has 110 valence electrons. The lowest BCUT2D eigenvalue weighted by Crippen LogP contribution is -2.51. The van der Waals surface area contributed by atoms with Gasteiger partial charge in [-0.2, -0.15) is 0 Å². The van der Waals surface area contributed by atoms with E-state index in [4.69, 9.17) is 4.74 Å². The highest BCUT2D eigenvalue weighted by Crippen LogP contribution is 2.12.